The normalized spacial score (nSPS) is 21.3. The number of rotatable bonds is 4. The van der Waals surface area contributed by atoms with Crippen LogP contribution in [0.5, 0.6) is 0 Å². The van der Waals surface area contributed by atoms with Crippen molar-refractivity contribution in [3.05, 3.63) is 28.3 Å². The maximum Gasteiger partial charge on any atom is 0.306 e. The second kappa shape index (κ2) is 4.87. The van der Waals surface area contributed by atoms with Crippen LogP contribution in [0.1, 0.15) is 28.7 Å². The van der Waals surface area contributed by atoms with Gasteiger partial charge in [-0.15, -0.1) is 0 Å². The van der Waals surface area contributed by atoms with Crippen LogP contribution in [0.15, 0.2) is 6.07 Å². The number of benzene rings is 1. The van der Waals surface area contributed by atoms with Crippen LogP contribution in [0.2, 0.25) is 0 Å². The van der Waals surface area contributed by atoms with Crippen molar-refractivity contribution in [1.82, 2.24) is 0 Å². The minimum absolute atomic E-state index is 0.131. The molecule has 0 heterocycles. The smallest absolute Gasteiger partial charge is 0.306 e. The summed E-state index contributed by atoms with van der Waals surface area (Å²) in [4.78, 5) is 13.1. The molecule has 2 rings (SSSR count). The van der Waals surface area contributed by atoms with E-state index in [4.69, 9.17) is 5.11 Å². The molecule has 0 saturated heterocycles. The van der Waals surface area contributed by atoms with Crippen molar-refractivity contribution in [1.29, 1.82) is 0 Å². The van der Waals surface area contributed by atoms with Crippen LogP contribution in [0.3, 0.4) is 0 Å². The Morgan fingerprint density at radius 3 is 2.21 bits per heavy atom. The minimum atomic E-state index is -0.646. The van der Waals surface area contributed by atoms with Gasteiger partial charge in [-0.1, -0.05) is 6.07 Å². The van der Waals surface area contributed by atoms with Crippen molar-refractivity contribution in [2.75, 3.05) is 18.5 Å². The Labute approximate surface area is 115 Å². The average Bonchev–Trinajstić information content (AvgIpc) is 3.06. The summed E-state index contributed by atoms with van der Waals surface area (Å²) in [6, 6.07) is 2.22. The number of anilines is 1. The molecule has 1 aliphatic carbocycles. The Kier molecular flexibility index (Phi) is 3.57. The fourth-order valence-corrected chi connectivity index (χ4v) is 2.96. The Bertz CT molecular complexity index is 496. The first-order valence-corrected chi connectivity index (χ1v) is 6.84. The molecule has 19 heavy (non-hydrogen) atoms. The van der Waals surface area contributed by atoms with Gasteiger partial charge in [-0.3, -0.25) is 4.79 Å². The minimum Gasteiger partial charge on any atom is -0.481 e. The quantitative estimate of drug-likeness (QED) is 0.905. The maximum absolute atomic E-state index is 10.9. The first kappa shape index (κ1) is 13.9. The molecular formula is C16H23NO2. The van der Waals surface area contributed by atoms with E-state index in [1.807, 2.05) is 0 Å². The molecule has 0 aliphatic heterocycles. The lowest BCUT2D eigenvalue weighted by atomic mass is 9.98. The number of carboxylic acid groups (broad SMARTS) is 1. The number of aryl methyl sites for hydroxylation is 2. The molecule has 0 aromatic heterocycles. The van der Waals surface area contributed by atoms with Gasteiger partial charge in [0.15, 0.2) is 0 Å². The molecule has 3 nitrogen and oxygen atoms in total. The Morgan fingerprint density at radius 1 is 1.26 bits per heavy atom. The van der Waals surface area contributed by atoms with E-state index in [0.29, 0.717) is 5.92 Å². The zero-order valence-corrected chi connectivity index (χ0v) is 12.4. The lowest BCUT2D eigenvalue weighted by Gasteiger charge is -2.26. The molecule has 2 unspecified atom stereocenters. The van der Waals surface area contributed by atoms with Gasteiger partial charge in [0.1, 0.15) is 0 Å². The van der Waals surface area contributed by atoms with Crippen LogP contribution in [0.25, 0.3) is 0 Å². The molecule has 0 radical (unpaired) electrons. The molecule has 1 N–H and O–H groups in total. The number of nitrogens with zero attached hydrogens (tertiary/aromatic N) is 1. The molecule has 104 valence electrons. The third-order valence-corrected chi connectivity index (χ3v) is 4.46. The summed E-state index contributed by atoms with van der Waals surface area (Å²) in [5.41, 5.74) is 6.48. The summed E-state index contributed by atoms with van der Waals surface area (Å²) < 4.78 is 0. The molecule has 0 spiro atoms. The van der Waals surface area contributed by atoms with Gasteiger partial charge in [-0.05, 0) is 62.3 Å². The monoisotopic (exact) mass is 261 g/mol. The van der Waals surface area contributed by atoms with E-state index >= 15 is 0 Å². The molecule has 1 aliphatic rings. The SMILES string of the molecule is Cc1cc(C)c(C)c(N(C)CC2CC2C(=O)O)c1C. The summed E-state index contributed by atoms with van der Waals surface area (Å²) in [5, 5.41) is 8.99. The Morgan fingerprint density at radius 2 is 1.79 bits per heavy atom. The highest BCUT2D eigenvalue weighted by molar-refractivity contribution is 5.73. The predicted octanol–water partition coefficient (Wildman–Crippen LogP) is 3.08. The molecule has 1 fully saturated rings. The van der Waals surface area contributed by atoms with Crippen molar-refractivity contribution >= 4 is 11.7 Å². The highest BCUT2D eigenvalue weighted by Gasteiger charge is 2.43. The van der Waals surface area contributed by atoms with Gasteiger partial charge in [-0.2, -0.15) is 0 Å². The van der Waals surface area contributed by atoms with Gasteiger partial charge in [0.25, 0.3) is 0 Å². The van der Waals surface area contributed by atoms with Crippen molar-refractivity contribution in [2.24, 2.45) is 11.8 Å². The van der Waals surface area contributed by atoms with Crippen molar-refractivity contribution in [2.45, 2.75) is 34.1 Å². The topological polar surface area (TPSA) is 40.5 Å². The summed E-state index contributed by atoms with van der Waals surface area (Å²) >= 11 is 0. The Balaban J connectivity index is 2.20. The highest BCUT2D eigenvalue weighted by Crippen LogP contribution is 2.40. The van der Waals surface area contributed by atoms with Gasteiger partial charge in [-0.25, -0.2) is 0 Å². The fourth-order valence-electron chi connectivity index (χ4n) is 2.96. The second-order valence-corrected chi connectivity index (χ2v) is 5.93. The fraction of sp³-hybridized carbons (Fsp3) is 0.562. The molecule has 0 amide bonds. The third kappa shape index (κ3) is 2.60. The first-order chi connectivity index (χ1) is 8.82. The van der Waals surface area contributed by atoms with E-state index in [2.05, 4.69) is 45.7 Å². The van der Waals surface area contributed by atoms with Gasteiger partial charge >= 0.3 is 5.97 Å². The van der Waals surface area contributed by atoms with Crippen LogP contribution >= 0.6 is 0 Å². The number of hydrogen-bond donors (Lipinski definition) is 1. The van der Waals surface area contributed by atoms with E-state index < -0.39 is 5.97 Å². The molecule has 3 heteroatoms. The predicted molar refractivity (Wildman–Crippen MR) is 77.9 cm³/mol. The van der Waals surface area contributed by atoms with Crippen LogP contribution in [-0.2, 0) is 4.79 Å². The maximum atomic E-state index is 10.9. The number of aliphatic carboxylic acids is 1. The van der Waals surface area contributed by atoms with Gasteiger partial charge in [0.05, 0.1) is 5.92 Å². The van der Waals surface area contributed by atoms with Crippen LogP contribution in [0, 0.1) is 39.5 Å². The lowest BCUT2D eigenvalue weighted by molar-refractivity contribution is -0.138. The summed E-state index contributed by atoms with van der Waals surface area (Å²) in [7, 11) is 2.07. The van der Waals surface area contributed by atoms with E-state index in [-0.39, 0.29) is 5.92 Å². The summed E-state index contributed by atoms with van der Waals surface area (Å²) in [6.07, 6.45) is 0.822. The van der Waals surface area contributed by atoms with E-state index in [1.54, 1.807) is 0 Å². The van der Waals surface area contributed by atoms with Crippen LogP contribution in [-0.4, -0.2) is 24.7 Å². The molecule has 1 aromatic carbocycles. The molecule has 1 aromatic rings. The molecular weight excluding hydrogens is 238 g/mol. The van der Waals surface area contributed by atoms with E-state index in [1.165, 1.54) is 27.9 Å². The lowest BCUT2D eigenvalue weighted by Crippen LogP contribution is -2.24. The van der Waals surface area contributed by atoms with E-state index in [0.717, 1.165) is 13.0 Å². The number of carbonyl (C=O) groups is 1. The zero-order valence-electron chi connectivity index (χ0n) is 12.4. The van der Waals surface area contributed by atoms with Gasteiger partial charge in [0, 0.05) is 19.3 Å². The number of carboxylic acids is 1. The number of hydrogen-bond acceptors (Lipinski definition) is 2. The standard InChI is InChI=1S/C16H23NO2/c1-9-6-10(2)12(4)15(11(9)3)17(5)8-13-7-14(13)16(18)19/h6,13-14H,7-8H2,1-5H3,(H,18,19). The highest BCUT2D eigenvalue weighted by atomic mass is 16.4. The average molecular weight is 261 g/mol. The first-order valence-electron chi connectivity index (χ1n) is 6.84. The largest absolute Gasteiger partial charge is 0.481 e. The van der Waals surface area contributed by atoms with Crippen LogP contribution < -0.4 is 4.90 Å². The van der Waals surface area contributed by atoms with Crippen molar-refractivity contribution < 1.29 is 9.90 Å². The molecule has 0 bridgehead atoms. The second-order valence-electron chi connectivity index (χ2n) is 5.93. The summed E-state index contributed by atoms with van der Waals surface area (Å²) in [5.74, 6) is -0.469. The Hall–Kier alpha value is -1.51. The van der Waals surface area contributed by atoms with Gasteiger partial charge in [0.2, 0.25) is 0 Å². The third-order valence-electron chi connectivity index (χ3n) is 4.46. The van der Waals surface area contributed by atoms with Crippen molar-refractivity contribution in [3.63, 3.8) is 0 Å². The van der Waals surface area contributed by atoms with Crippen LogP contribution in [0.4, 0.5) is 5.69 Å². The van der Waals surface area contributed by atoms with Crippen molar-refractivity contribution in [3.8, 4) is 0 Å². The zero-order chi connectivity index (χ0) is 14.3. The molecule has 1 saturated carbocycles. The summed E-state index contributed by atoms with van der Waals surface area (Å²) in [6.45, 7) is 9.40. The van der Waals surface area contributed by atoms with Gasteiger partial charge < -0.3 is 10.0 Å². The molecule has 2 atom stereocenters. The van der Waals surface area contributed by atoms with E-state index in [9.17, 15) is 4.79 Å².